The predicted octanol–water partition coefficient (Wildman–Crippen LogP) is 3.84. The lowest BCUT2D eigenvalue weighted by Crippen LogP contribution is -2.33. The SMILES string of the molecule is Cc1c(-c2ccnc3cc(C(=O)N[C@@H](C)CCc4ccccc4Cl)nn23)cnn1C. The van der Waals surface area contributed by atoms with Crippen molar-refractivity contribution in [3.8, 4) is 11.3 Å². The fourth-order valence-electron chi connectivity index (χ4n) is 3.40. The number of hydrogen-bond donors (Lipinski definition) is 1. The highest BCUT2D eigenvalue weighted by Gasteiger charge is 2.17. The number of carbonyl (C=O) groups excluding carboxylic acids is 1. The van der Waals surface area contributed by atoms with E-state index in [1.807, 2.05) is 51.2 Å². The largest absolute Gasteiger partial charge is 0.348 e. The average molecular weight is 423 g/mol. The first kappa shape index (κ1) is 20.1. The molecule has 0 saturated heterocycles. The van der Waals surface area contributed by atoms with Gasteiger partial charge in [-0.15, -0.1) is 0 Å². The molecule has 0 fully saturated rings. The van der Waals surface area contributed by atoms with Gasteiger partial charge >= 0.3 is 0 Å². The van der Waals surface area contributed by atoms with Gasteiger partial charge < -0.3 is 5.32 Å². The van der Waals surface area contributed by atoms with E-state index >= 15 is 0 Å². The molecule has 30 heavy (non-hydrogen) atoms. The van der Waals surface area contributed by atoms with Gasteiger partial charge in [0.05, 0.1) is 11.9 Å². The van der Waals surface area contributed by atoms with Crippen LogP contribution in [0, 0.1) is 6.92 Å². The van der Waals surface area contributed by atoms with Crippen molar-refractivity contribution in [3.63, 3.8) is 0 Å². The molecule has 3 aromatic heterocycles. The van der Waals surface area contributed by atoms with E-state index in [9.17, 15) is 4.79 Å². The van der Waals surface area contributed by atoms with Crippen molar-refractivity contribution in [2.45, 2.75) is 32.7 Å². The Labute approximate surface area is 179 Å². The first-order chi connectivity index (χ1) is 14.4. The maximum atomic E-state index is 12.8. The molecule has 1 aromatic carbocycles. The van der Waals surface area contributed by atoms with Crippen LogP contribution >= 0.6 is 11.6 Å². The van der Waals surface area contributed by atoms with E-state index in [0.29, 0.717) is 11.3 Å². The zero-order valence-electron chi connectivity index (χ0n) is 17.1. The molecule has 0 unspecified atom stereocenters. The fraction of sp³-hybridized carbons (Fsp3) is 0.273. The molecular formula is C22H23ClN6O. The first-order valence-electron chi connectivity index (χ1n) is 9.82. The van der Waals surface area contributed by atoms with Gasteiger partial charge in [0, 0.05) is 41.6 Å². The molecule has 0 aliphatic carbocycles. The van der Waals surface area contributed by atoms with Gasteiger partial charge in [-0.2, -0.15) is 10.2 Å². The number of amides is 1. The van der Waals surface area contributed by atoms with Crippen LogP contribution in [0.25, 0.3) is 16.9 Å². The van der Waals surface area contributed by atoms with Gasteiger partial charge in [0.25, 0.3) is 5.91 Å². The number of fused-ring (bicyclic) bond motifs is 1. The summed E-state index contributed by atoms with van der Waals surface area (Å²) in [5.41, 5.74) is 4.83. The Balaban J connectivity index is 1.50. The molecule has 0 aliphatic heterocycles. The van der Waals surface area contributed by atoms with Crippen LogP contribution in [-0.2, 0) is 13.5 Å². The van der Waals surface area contributed by atoms with E-state index in [4.69, 9.17) is 11.6 Å². The van der Waals surface area contributed by atoms with Gasteiger partial charge in [0.2, 0.25) is 0 Å². The third kappa shape index (κ3) is 3.93. The minimum absolute atomic E-state index is 0.0217. The fourth-order valence-corrected chi connectivity index (χ4v) is 3.63. The molecule has 0 spiro atoms. The van der Waals surface area contributed by atoms with Crippen molar-refractivity contribution in [3.05, 3.63) is 70.8 Å². The van der Waals surface area contributed by atoms with E-state index in [1.165, 1.54) is 0 Å². The Morgan fingerprint density at radius 1 is 1.27 bits per heavy atom. The summed E-state index contributed by atoms with van der Waals surface area (Å²) >= 11 is 6.22. The quantitative estimate of drug-likeness (QED) is 0.512. The normalized spacial score (nSPS) is 12.3. The van der Waals surface area contributed by atoms with Crippen LogP contribution in [0.2, 0.25) is 5.02 Å². The number of carbonyl (C=O) groups is 1. The third-order valence-corrected chi connectivity index (χ3v) is 5.65. The molecule has 0 bridgehead atoms. The van der Waals surface area contributed by atoms with Crippen molar-refractivity contribution in [2.24, 2.45) is 7.05 Å². The zero-order valence-corrected chi connectivity index (χ0v) is 17.9. The Morgan fingerprint density at radius 3 is 2.80 bits per heavy atom. The molecule has 1 N–H and O–H groups in total. The van der Waals surface area contributed by atoms with Crippen LogP contribution in [0.4, 0.5) is 0 Å². The lowest BCUT2D eigenvalue weighted by molar-refractivity contribution is 0.0933. The molecule has 1 amide bonds. The van der Waals surface area contributed by atoms with Crippen molar-refractivity contribution in [2.75, 3.05) is 0 Å². The van der Waals surface area contributed by atoms with Crippen LogP contribution < -0.4 is 5.32 Å². The maximum Gasteiger partial charge on any atom is 0.272 e. The summed E-state index contributed by atoms with van der Waals surface area (Å²) in [6, 6.07) is 11.3. The highest BCUT2D eigenvalue weighted by molar-refractivity contribution is 6.31. The number of benzene rings is 1. The van der Waals surface area contributed by atoms with Gasteiger partial charge in [-0.3, -0.25) is 9.48 Å². The van der Waals surface area contributed by atoms with Crippen molar-refractivity contribution in [1.29, 1.82) is 0 Å². The van der Waals surface area contributed by atoms with Crippen molar-refractivity contribution < 1.29 is 4.79 Å². The standard InChI is InChI=1S/C22H23ClN6O/c1-14(8-9-16-6-4-5-7-18(16)23)26-22(30)19-12-21-24-11-10-20(29(21)27-19)17-13-25-28(3)15(17)2/h4-7,10-14H,8-9H2,1-3H3,(H,26,30)/t14-/m0/s1. The van der Waals surface area contributed by atoms with Crippen LogP contribution in [0.15, 0.2) is 48.8 Å². The molecule has 0 aliphatic rings. The number of aromatic nitrogens is 5. The Hall–Kier alpha value is -3.19. The summed E-state index contributed by atoms with van der Waals surface area (Å²) in [7, 11) is 1.89. The highest BCUT2D eigenvalue weighted by atomic mass is 35.5. The lowest BCUT2D eigenvalue weighted by Gasteiger charge is -2.13. The number of halogens is 1. The molecule has 3 heterocycles. The first-order valence-corrected chi connectivity index (χ1v) is 10.2. The monoisotopic (exact) mass is 422 g/mol. The Morgan fingerprint density at radius 2 is 2.07 bits per heavy atom. The minimum atomic E-state index is -0.221. The second-order valence-electron chi connectivity index (χ2n) is 7.40. The number of nitrogens with zero attached hydrogens (tertiary/aromatic N) is 5. The topological polar surface area (TPSA) is 77.1 Å². The minimum Gasteiger partial charge on any atom is -0.348 e. The second kappa shape index (κ2) is 8.28. The van der Waals surface area contributed by atoms with Gasteiger partial charge in [-0.25, -0.2) is 9.50 Å². The smallest absolute Gasteiger partial charge is 0.272 e. The Bertz CT molecular complexity index is 1210. The highest BCUT2D eigenvalue weighted by Crippen LogP contribution is 2.23. The van der Waals surface area contributed by atoms with Crippen LogP contribution in [0.3, 0.4) is 0 Å². The maximum absolute atomic E-state index is 12.8. The molecular weight excluding hydrogens is 400 g/mol. The van der Waals surface area contributed by atoms with E-state index in [1.54, 1.807) is 27.7 Å². The van der Waals surface area contributed by atoms with Gasteiger partial charge in [-0.1, -0.05) is 29.8 Å². The molecule has 1 atom stereocenters. The second-order valence-corrected chi connectivity index (χ2v) is 7.81. The van der Waals surface area contributed by atoms with E-state index in [2.05, 4.69) is 20.5 Å². The summed E-state index contributed by atoms with van der Waals surface area (Å²) in [6.45, 7) is 3.97. The predicted molar refractivity (Wildman–Crippen MR) is 117 cm³/mol. The van der Waals surface area contributed by atoms with Gasteiger partial charge in [-0.05, 0) is 44.4 Å². The Kier molecular flexibility index (Phi) is 5.55. The zero-order chi connectivity index (χ0) is 21.3. The summed E-state index contributed by atoms with van der Waals surface area (Å²) in [6.07, 6.45) is 5.08. The van der Waals surface area contributed by atoms with Gasteiger partial charge in [0.15, 0.2) is 11.3 Å². The van der Waals surface area contributed by atoms with E-state index < -0.39 is 0 Å². The number of nitrogens with one attached hydrogen (secondary N) is 1. The number of hydrogen-bond acceptors (Lipinski definition) is 4. The molecule has 154 valence electrons. The van der Waals surface area contributed by atoms with Crippen LogP contribution in [0.1, 0.15) is 35.1 Å². The molecule has 0 radical (unpaired) electrons. The van der Waals surface area contributed by atoms with E-state index in [-0.39, 0.29) is 11.9 Å². The molecule has 4 rings (SSSR count). The van der Waals surface area contributed by atoms with Crippen LogP contribution in [-0.4, -0.2) is 36.3 Å². The summed E-state index contributed by atoms with van der Waals surface area (Å²) in [4.78, 5) is 17.1. The van der Waals surface area contributed by atoms with Gasteiger partial charge in [0.1, 0.15) is 0 Å². The molecule has 0 saturated carbocycles. The number of aryl methyl sites for hydroxylation is 2. The third-order valence-electron chi connectivity index (χ3n) is 5.28. The lowest BCUT2D eigenvalue weighted by atomic mass is 10.1. The van der Waals surface area contributed by atoms with Crippen molar-refractivity contribution >= 4 is 23.2 Å². The summed E-state index contributed by atoms with van der Waals surface area (Å²) in [5, 5.41) is 12.6. The average Bonchev–Trinajstić information content (AvgIpc) is 3.31. The molecule has 8 heteroatoms. The number of rotatable bonds is 6. The van der Waals surface area contributed by atoms with Crippen molar-refractivity contribution in [1.82, 2.24) is 29.7 Å². The summed E-state index contributed by atoms with van der Waals surface area (Å²) in [5.74, 6) is -0.221. The molecule has 4 aromatic rings. The van der Waals surface area contributed by atoms with Crippen LogP contribution in [0.5, 0.6) is 0 Å². The summed E-state index contributed by atoms with van der Waals surface area (Å²) < 4.78 is 3.49. The van der Waals surface area contributed by atoms with E-state index in [0.717, 1.165) is 40.4 Å². The molecule has 7 nitrogen and oxygen atoms in total.